The van der Waals surface area contributed by atoms with Crippen LogP contribution in [0.15, 0.2) is 47.0 Å². The first kappa shape index (κ1) is 21.1. The van der Waals surface area contributed by atoms with Crippen molar-refractivity contribution in [1.29, 1.82) is 10.5 Å². The lowest BCUT2D eigenvalue weighted by atomic mass is 10.0. The summed E-state index contributed by atoms with van der Waals surface area (Å²) < 4.78 is 46.2. The van der Waals surface area contributed by atoms with Crippen LogP contribution in [0.1, 0.15) is 41.6 Å². The first-order valence-corrected chi connectivity index (χ1v) is 9.81. The van der Waals surface area contributed by atoms with Crippen LogP contribution in [0.5, 0.6) is 0 Å². The molecule has 4 rings (SSSR count). The molecule has 0 atom stereocenters. The van der Waals surface area contributed by atoms with E-state index < -0.39 is 11.7 Å². The summed E-state index contributed by atoms with van der Waals surface area (Å²) in [7, 11) is 0. The second kappa shape index (κ2) is 8.20. The number of alkyl halides is 3. The Morgan fingerprint density at radius 1 is 1.09 bits per heavy atom. The molecule has 0 radical (unpaired) electrons. The Labute approximate surface area is 181 Å². The van der Waals surface area contributed by atoms with E-state index in [0.29, 0.717) is 16.5 Å². The lowest BCUT2D eigenvalue weighted by molar-refractivity contribution is -0.137. The lowest BCUT2D eigenvalue weighted by Crippen LogP contribution is -2.06. The first-order valence-electron chi connectivity index (χ1n) is 9.81. The molecule has 2 heterocycles. The van der Waals surface area contributed by atoms with Gasteiger partial charge in [-0.3, -0.25) is 0 Å². The maximum atomic E-state index is 13.0. The van der Waals surface area contributed by atoms with Gasteiger partial charge < -0.3 is 9.09 Å². The van der Waals surface area contributed by atoms with E-state index in [1.807, 2.05) is 23.6 Å². The lowest BCUT2D eigenvalue weighted by Gasteiger charge is -2.08. The number of aromatic nitrogens is 3. The normalized spacial score (nSPS) is 11.4. The fourth-order valence-electron chi connectivity index (χ4n) is 3.66. The highest BCUT2D eigenvalue weighted by atomic mass is 19.4. The van der Waals surface area contributed by atoms with Gasteiger partial charge in [0.1, 0.15) is 12.1 Å². The third kappa shape index (κ3) is 3.81. The van der Waals surface area contributed by atoms with Crippen molar-refractivity contribution in [3.8, 4) is 23.6 Å². The van der Waals surface area contributed by atoms with E-state index in [1.54, 1.807) is 12.1 Å². The van der Waals surface area contributed by atoms with Crippen molar-refractivity contribution in [1.82, 2.24) is 14.7 Å². The number of hydrogen-bond donors (Lipinski definition) is 0. The van der Waals surface area contributed by atoms with Crippen LogP contribution in [-0.2, 0) is 19.1 Å². The monoisotopic (exact) mass is 435 g/mol. The number of rotatable bonds is 5. The van der Waals surface area contributed by atoms with Crippen LogP contribution in [0, 0.1) is 22.7 Å². The van der Waals surface area contributed by atoms with Gasteiger partial charge in [-0.25, -0.2) is 0 Å². The second-order valence-electron chi connectivity index (χ2n) is 7.21. The van der Waals surface area contributed by atoms with Crippen LogP contribution >= 0.6 is 0 Å². The molecule has 2 aromatic heterocycles. The molecule has 0 bridgehead atoms. The van der Waals surface area contributed by atoms with Gasteiger partial charge in [-0.2, -0.15) is 28.7 Å². The molecular formula is C23H16F3N5O. The van der Waals surface area contributed by atoms with E-state index in [4.69, 9.17) is 4.52 Å². The number of benzene rings is 2. The van der Waals surface area contributed by atoms with E-state index in [1.165, 1.54) is 12.1 Å². The Bertz CT molecular complexity index is 1390. The number of nitriles is 2. The van der Waals surface area contributed by atoms with Crippen LogP contribution in [0.4, 0.5) is 13.2 Å². The van der Waals surface area contributed by atoms with Crippen LogP contribution < -0.4 is 0 Å². The average Bonchev–Trinajstić information content (AvgIpc) is 3.38. The highest BCUT2D eigenvalue weighted by Crippen LogP contribution is 2.32. The van der Waals surface area contributed by atoms with Crippen molar-refractivity contribution in [2.45, 2.75) is 32.5 Å². The number of halogens is 3. The third-order valence-electron chi connectivity index (χ3n) is 5.11. The van der Waals surface area contributed by atoms with Gasteiger partial charge in [0.2, 0.25) is 0 Å². The van der Waals surface area contributed by atoms with Crippen LogP contribution in [-0.4, -0.2) is 14.7 Å². The van der Waals surface area contributed by atoms with Crippen molar-refractivity contribution >= 4 is 10.9 Å². The summed E-state index contributed by atoms with van der Waals surface area (Å²) in [5.41, 5.74) is 1.66. The largest absolute Gasteiger partial charge is 0.416 e. The molecule has 6 nitrogen and oxygen atoms in total. The molecule has 160 valence electrons. The Morgan fingerprint density at radius 2 is 1.91 bits per heavy atom. The Balaban J connectivity index is 1.74. The second-order valence-corrected chi connectivity index (χ2v) is 7.21. The highest BCUT2D eigenvalue weighted by Gasteiger charge is 2.31. The zero-order valence-corrected chi connectivity index (χ0v) is 16.9. The molecule has 0 aliphatic rings. The summed E-state index contributed by atoms with van der Waals surface area (Å²) in [4.78, 5) is 4.28. The van der Waals surface area contributed by atoms with Crippen LogP contribution in [0.25, 0.3) is 22.4 Å². The SMILES string of the molecule is CCCc1cc2c(C#N)c(C#N)ccc2n1Cc1noc(-c2cccc(C(F)(F)F)c2)n1. The molecule has 0 unspecified atom stereocenters. The first-order chi connectivity index (χ1) is 15.4. The molecule has 0 N–H and O–H groups in total. The third-order valence-corrected chi connectivity index (χ3v) is 5.11. The van der Waals surface area contributed by atoms with Crippen molar-refractivity contribution in [3.05, 3.63) is 70.7 Å². The topological polar surface area (TPSA) is 91.4 Å². The standard InChI is InChI=1S/C23H16F3N5O/c1-2-4-17-10-18-19(12-28)15(11-27)7-8-20(18)31(17)13-21-29-22(32-30-21)14-5-3-6-16(9-14)23(24,25)26/h3,5-10H,2,4,13H2,1H3. The van der Waals surface area contributed by atoms with E-state index in [-0.39, 0.29) is 23.8 Å². The summed E-state index contributed by atoms with van der Waals surface area (Å²) in [6, 6.07) is 14.1. The Hall–Kier alpha value is -4.11. The molecule has 9 heteroatoms. The summed E-state index contributed by atoms with van der Waals surface area (Å²) in [6.07, 6.45) is -2.90. The zero-order chi connectivity index (χ0) is 22.9. The summed E-state index contributed by atoms with van der Waals surface area (Å²) >= 11 is 0. The molecule has 0 spiro atoms. The molecule has 0 amide bonds. The van der Waals surface area contributed by atoms with Gasteiger partial charge in [-0.05, 0) is 42.8 Å². The molecule has 32 heavy (non-hydrogen) atoms. The molecule has 0 aliphatic heterocycles. The predicted octanol–water partition coefficient (Wildman–Crippen LogP) is 5.45. The molecule has 0 saturated heterocycles. The predicted molar refractivity (Wildman–Crippen MR) is 109 cm³/mol. The minimum Gasteiger partial charge on any atom is -0.337 e. The van der Waals surface area contributed by atoms with Gasteiger partial charge in [0.25, 0.3) is 5.89 Å². The average molecular weight is 435 g/mol. The minimum atomic E-state index is -4.47. The molecule has 0 fully saturated rings. The van der Waals surface area contributed by atoms with E-state index in [9.17, 15) is 23.7 Å². The quantitative estimate of drug-likeness (QED) is 0.415. The number of hydrogen-bond acceptors (Lipinski definition) is 5. The molecule has 0 aliphatic carbocycles. The Kier molecular flexibility index (Phi) is 5.41. The van der Waals surface area contributed by atoms with Crippen molar-refractivity contribution in [2.24, 2.45) is 0 Å². The van der Waals surface area contributed by atoms with Gasteiger partial charge in [0.05, 0.1) is 28.8 Å². The fraction of sp³-hybridized carbons (Fsp3) is 0.217. The van der Waals surface area contributed by atoms with E-state index >= 15 is 0 Å². The van der Waals surface area contributed by atoms with Gasteiger partial charge >= 0.3 is 6.18 Å². The Morgan fingerprint density at radius 3 is 2.59 bits per heavy atom. The summed E-state index contributed by atoms with van der Waals surface area (Å²) in [5, 5.41) is 23.4. The molecular weight excluding hydrogens is 419 g/mol. The van der Waals surface area contributed by atoms with Gasteiger partial charge in [0.15, 0.2) is 5.82 Å². The zero-order valence-electron chi connectivity index (χ0n) is 16.9. The minimum absolute atomic E-state index is 0.0101. The highest BCUT2D eigenvalue weighted by molar-refractivity contribution is 5.89. The van der Waals surface area contributed by atoms with E-state index in [0.717, 1.165) is 36.2 Å². The summed E-state index contributed by atoms with van der Waals surface area (Å²) in [5.74, 6) is 0.277. The van der Waals surface area contributed by atoms with Crippen molar-refractivity contribution < 1.29 is 17.7 Å². The smallest absolute Gasteiger partial charge is 0.337 e. The van der Waals surface area contributed by atoms with Crippen LogP contribution in [0.3, 0.4) is 0 Å². The van der Waals surface area contributed by atoms with Gasteiger partial charge in [-0.1, -0.05) is 24.6 Å². The van der Waals surface area contributed by atoms with Gasteiger partial charge in [0, 0.05) is 16.6 Å². The molecule has 2 aromatic carbocycles. The van der Waals surface area contributed by atoms with E-state index in [2.05, 4.69) is 16.2 Å². The maximum Gasteiger partial charge on any atom is 0.416 e. The number of nitrogens with zero attached hydrogens (tertiary/aromatic N) is 5. The number of aryl methyl sites for hydroxylation is 1. The molecule has 0 saturated carbocycles. The summed E-state index contributed by atoms with van der Waals surface area (Å²) in [6.45, 7) is 2.23. The van der Waals surface area contributed by atoms with Crippen LogP contribution in [0.2, 0.25) is 0 Å². The maximum absolute atomic E-state index is 13.0. The molecule has 4 aromatic rings. The van der Waals surface area contributed by atoms with Crippen molar-refractivity contribution in [3.63, 3.8) is 0 Å². The van der Waals surface area contributed by atoms with Crippen molar-refractivity contribution in [2.75, 3.05) is 0 Å². The van der Waals surface area contributed by atoms with Gasteiger partial charge in [-0.15, -0.1) is 0 Å². The number of fused-ring (bicyclic) bond motifs is 1. The fourth-order valence-corrected chi connectivity index (χ4v) is 3.66.